The van der Waals surface area contributed by atoms with Crippen LogP contribution < -0.4 is 5.32 Å². The average molecular weight is 234 g/mol. The fourth-order valence-electron chi connectivity index (χ4n) is 2.85. The number of hydrogen-bond acceptors (Lipinski definition) is 3. The smallest absolute Gasteiger partial charge is 0.224 e. The van der Waals surface area contributed by atoms with Gasteiger partial charge in [-0.25, -0.2) is 4.98 Å². The van der Waals surface area contributed by atoms with E-state index in [1.165, 1.54) is 6.42 Å². The fraction of sp³-hybridized carbons (Fsp3) is 0.667. The normalized spacial score (nSPS) is 27.4. The van der Waals surface area contributed by atoms with Gasteiger partial charge in [-0.3, -0.25) is 4.79 Å². The van der Waals surface area contributed by atoms with E-state index in [4.69, 9.17) is 0 Å². The Hall–Kier alpha value is -1.36. The summed E-state index contributed by atoms with van der Waals surface area (Å²) in [5, 5.41) is 3.46. The van der Waals surface area contributed by atoms with Crippen LogP contribution in [0.15, 0.2) is 18.7 Å². The number of likely N-dealkylation sites (tertiary alicyclic amines) is 1. The molecule has 0 spiro atoms. The minimum Gasteiger partial charge on any atom is -0.341 e. The quantitative estimate of drug-likeness (QED) is 0.806. The highest BCUT2D eigenvalue weighted by atomic mass is 16.2. The van der Waals surface area contributed by atoms with Gasteiger partial charge in [0.25, 0.3) is 0 Å². The summed E-state index contributed by atoms with van der Waals surface area (Å²) in [5.74, 6) is 0.960. The highest BCUT2D eigenvalue weighted by molar-refractivity contribution is 5.76. The number of carbonyl (C=O) groups is 1. The predicted molar refractivity (Wildman–Crippen MR) is 63.3 cm³/mol. The lowest BCUT2D eigenvalue weighted by molar-refractivity contribution is -0.130. The molecule has 2 aliphatic rings. The van der Waals surface area contributed by atoms with Gasteiger partial charge in [0.2, 0.25) is 5.91 Å². The van der Waals surface area contributed by atoms with Crippen molar-refractivity contribution in [3.8, 4) is 0 Å². The Balaban J connectivity index is 1.50. The third kappa shape index (κ3) is 2.20. The summed E-state index contributed by atoms with van der Waals surface area (Å²) in [5.41, 5.74) is 0. The lowest BCUT2D eigenvalue weighted by Gasteiger charge is -2.17. The van der Waals surface area contributed by atoms with E-state index < -0.39 is 0 Å². The molecule has 5 heteroatoms. The zero-order chi connectivity index (χ0) is 11.7. The lowest BCUT2D eigenvalue weighted by atomic mass is 10.1. The predicted octanol–water partition coefficient (Wildman–Crippen LogP) is 0.0935. The molecule has 1 N–H and O–H groups in total. The van der Waals surface area contributed by atoms with Crippen LogP contribution in [0.4, 0.5) is 0 Å². The third-order valence-corrected chi connectivity index (χ3v) is 3.86. The van der Waals surface area contributed by atoms with Crippen LogP contribution in [0.3, 0.4) is 0 Å². The number of amides is 1. The summed E-state index contributed by atoms with van der Waals surface area (Å²) in [6.45, 7) is 3.69. The molecule has 0 saturated carbocycles. The van der Waals surface area contributed by atoms with Gasteiger partial charge in [0.05, 0.1) is 6.33 Å². The minimum absolute atomic E-state index is 0.273. The van der Waals surface area contributed by atoms with Crippen molar-refractivity contribution < 1.29 is 4.79 Å². The molecule has 2 fully saturated rings. The summed E-state index contributed by atoms with van der Waals surface area (Å²) in [7, 11) is 0. The Labute approximate surface area is 101 Å². The number of rotatable bonds is 3. The van der Waals surface area contributed by atoms with Crippen molar-refractivity contribution >= 4 is 5.91 Å². The van der Waals surface area contributed by atoms with Gasteiger partial charge in [-0.15, -0.1) is 0 Å². The number of fused-ring (bicyclic) bond motifs is 1. The van der Waals surface area contributed by atoms with Crippen LogP contribution >= 0.6 is 0 Å². The second-order valence-electron chi connectivity index (χ2n) is 4.96. The SMILES string of the molecule is O=C(CCn1ccnc1)N1C[C@@H]2CCN[C@@H]2C1. The molecule has 0 aliphatic carbocycles. The van der Waals surface area contributed by atoms with E-state index in [1.807, 2.05) is 15.7 Å². The first-order valence-corrected chi connectivity index (χ1v) is 6.30. The van der Waals surface area contributed by atoms with E-state index in [9.17, 15) is 4.79 Å². The third-order valence-electron chi connectivity index (χ3n) is 3.86. The molecule has 2 saturated heterocycles. The van der Waals surface area contributed by atoms with E-state index >= 15 is 0 Å². The number of aryl methyl sites for hydroxylation is 1. The van der Waals surface area contributed by atoms with E-state index in [0.717, 1.165) is 26.2 Å². The van der Waals surface area contributed by atoms with Crippen molar-refractivity contribution in [2.24, 2.45) is 5.92 Å². The molecule has 0 bridgehead atoms. The number of nitrogens with one attached hydrogen (secondary N) is 1. The van der Waals surface area contributed by atoms with Gasteiger partial charge >= 0.3 is 0 Å². The molecule has 1 aromatic heterocycles. The van der Waals surface area contributed by atoms with Gasteiger partial charge < -0.3 is 14.8 Å². The number of hydrogen-bond donors (Lipinski definition) is 1. The Morgan fingerprint density at radius 1 is 1.47 bits per heavy atom. The standard InChI is InChI=1S/C12H18N4O/c17-12(2-5-15-6-4-13-9-15)16-7-10-1-3-14-11(10)8-16/h4,6,9-11,14H,1-3,5,7-8H2/t10-,11+/m0/s1. The van der Waals surface area contributed by atoms with Crippen LogP contribution in [0.25, 0.3) is 0 Å². The van der Waals surface area contributed by atoms with Crippen LogP contribution in [-0.2, 0) is 11.3 Å². The first-order chi connectivity index (χ1) is 8.33. The van der Waals surface area contributed by atoms with Crippen molar-refractivity contribution in [3.05, 3.63) is 18.7 Å². The van der Waals surface area contributed by atoms with E-state index in [1.54, 1.807) is 12.5 Å². The number of aromatic nitrogens is 2. The van der Waals surface area contributed by atoms with Crippen molar-refractivity contribution in [2.75, 3.05) is 19.6 Å². The maximum Gasteiger partial charge on any atom is 0.224 e. The van der Waals surface area contributed by atoms with Gasteiger partial charge in [-0.1, -0.05) is 0 Å². The van der Waals surface area contributed by atoms with Crippen LogP contribution in [-0.4, -0.2) is 46.0 Å². The summed E-state index contributed by atoms with van der Waals surface area (Å²) in [6, 6.07) is 0.548. The Morgan fingerprint density at radius 3 is 3.18 bits per heavy atom. The Morgan fingerprint density at radius 2 is 2.41 bits per heavy atom. The molecule has 1 amide bonds. The molecule has 92 valence electrons. The molecule has 0 unspecified atom stereocenters. The molecule has 3 heterocycles. The fourth-order valence-corrected chi connectivity index (χ4v) is 2.85. The molecule has 1 aromatic rings. The molecule has 17 heavy (non-hydrogen) atoms. The van der Waals surface area contributed by atoms with Crippen molar-refractivity contribution in [1.82, 2.24) is 19.8 Å². The number of imidazole rings is 1. The van der Waals surface area contributed by atoms with Gasteiger partial charge in [-0.05, 0) is 18.9 Å². The first-order valence-electron chi connectivity index (χ1n) is 6.30. The van der Waals surface area contributed by atoms with Gasteiger partial charge in [-0.2, -0.15) is 0 Å². The van der Waals surface area contributed by atoms with E-state index in [2.05, 4.69) is 10.3 Å². The molecule has 2 atom stereocenters. The highest BCUT2D eigenvalue weighted by Crippen LogP contribution is 2.24. The second-order valence-corrected chi connectivity index (χ2v) is 4.96. The topological polar surface area (TPSA) is 50.2 Å². The molecule has 0 aromatic carbocycles. The van der Waals surface area contributed by atoms with Crippen molar-refractivity contribution in [3.63, 3.8) is 0 Å². The minimum atomic E-state index is 0.273. The zero-order valence-corrected chi connectivity index (χ0v) is 9.88. The van der Waals surface area contributed by atoms with Gasteiger partial charge in [0.15, 0.2) is 0 Å². The monoisotopic (exact) mass is 234 g/mol. The maximum atomic E-state index is 12.0. The largest absolute Gasteiger partial charge is 0.341 e. The summed E-state index contributed by atoms with van der Waals surface area (Å²) < 4.78 is 1.95. The Bertz CT molecular complexity index is 377. The highest BCUT2D eigenvalue weighted by Gasteiger charge is 2.37. The first kappa shape index (κ1) is 10.8. The molecular weight excluding hydrogens is 216 g/mol. The van der Waals surface area contributed by atoms with Crippen LogP contribution in [0.2, 0.25) is 0 Å². The number of carbonyl (C=O) groups excluding carboxylic acids is 1. The molecule has 0 radical (unpaired) electrons. The summed E-state index contributed by atoms with van der Waals surface area (Å²) in [4.78, 5) is 18.0. The molecular formula is C12H18N4O. The van der Waals surface area contributed by atoms with E-state index in [0.29, 0.717) is 18.4 Å². The van der Waals surface area contributed by atoms with E-state index in [-0.39, 0.29) is 5.91 Å². The zero-order valence-electron chi connectivity index (χ0n) is 9.88. The summed E-state index contributed by atoms with van der Waals surface area (Å²) >= 11 is 0. The second kappa shape index (κ2) is 4.49. The van der Waals surface area contributed by atoms with Crippen LogP contribution in [0, 0.1) is 5.92 Å². The molecule has 3 rings (SSSR count). The van der Waals surface area contributed by atoms with Gasteiger partial charge in [0, 0.05) is 44.5 Å². The van der Waals surface area contributed by atoms with Crippen LogP contribution in [0.1, 0.15) is 12.8 Å². The molecule has 5 nitrogen and oxygen atoms in total. The summed E-state index contributed by atoms with van der Waals surface area (Å²) in [6.07, 6.45) is 7.20. The maximum absolute atomic E-state index is 12.0. The molecule has 2 aliphatic heterocycles. The average Bonchev–Trinajstić information content (AvgIpc) is 3.01. The van der Waals surface area contributed by atoms with Gasteiger partial charge in [0.1, 0.15) is 0 Å². The van der Waals surface area contributed by atoms with Crippen molar-refractivity contribution in [1.29, 1.82) is 0 Å². The lowest BCUT2D eigenvalue weighted by Crippen LogP contribution is -2.34. The Kier molecular flexibility index (Phi) is 2.84. The van der Waals surface area contributed by atoms with Crippen LogP contribution in [0.5, 0.6) is 0 Å². The number of nitrogens with zero attached hydrogens (tertiary/aromatic N) is 3. The van der Waals surface area contributed by atoms with Crippen molar-refractivity contribution in [2.45, 2.75) is 25.4 Å².